The van der Waals surface area contributed by atoms with Gasteiger partial charge in [0.15, 0.2) is 5.82 Å². The molecule has 3 aromatic rings. The highest BCUT2D eigenvalue weighted by atomic mass is 19.1. The summed E-state index contributed by atoms with van der Waals surface area (Å²) in [5.41, 5.74) is 2.59. The van der Waals surface area contributed by atoms with Gasteiger partial charge in [-0.05, 0) is 31.0 Å². The molecule has 0 radical (unpaired) electrons. The molecule has 22 heavy (non-hydrogen) atoms. The van der Waals surface area contributed by atoms with Crippen molar-refractivity contribution in [2.45, 2.75) is 38.1 Å². The maximum absolute atomic E-state index is 13.5. The van der Waals surface area contributed by atoms with E-state index in [9.17, 15) is 4.39 Å². The number of nitrogens with zero attached hydrogens (tertiary/aromatic N) is 3. The van der Waals surface area contributed by atoms with Gasteiger partial charge >= 0.3 is 0 Å². The van der Waals surface area contributed by atoms with Crippen LogP contribution >= 0.6 is 0 Å². The highest BCUT2D eigenvalue weighted by Crippen LogP contribution is 2.32. The number of aromatic nitrogens is 3. The van der Waals surface area contributed by atoms with Gasteiger partial charge in [-0.3, -0.25) is 0 Å². The summed E-state index contributed by atoms with van der Waals surface area (Å²) in [5.74, 6) is 0.669. The van der Waals surface area contributed by atoms with Gasteiger partial charge in [-0.1, -0.05) is 19.3 Å². The van der Waals surface area contributed by atoms with E-state index >= 15 is 0 Å². The van der Waals surface area contributed by atoms with Crippen LogP contribution in [0.15, 0.2) is 24.5 Å². The molecule has 0 atom stereocenters. The van der Waals surface area contributed by atoms with Crippen molar-refractivity contribution in [2.75, 3.05) is 11.9 Å². The molecule has 0 saturated heterocycles. The van der Waals surface area contributed by atoms with Gasteiger partial charge in [-0.2, -0.15) is 0 Å². The number of hydrogen-bond acceptors (Lipinski definition) is 3. The van der Waals surface area contributed by atoms with E-state index in [1.54, 1.807) is 12.4 Å². The molecule has 0 unspecified atom stereocenters. The van der Waals surface area contributed by atoms with Gasteiger partial charge in [0.2, 0.25) is 0 Å². The van der Waals surface area contributed by atoms with E-state index in [0.29, 0.717) is 6.04 Å². The maximum atomic E-state index is 13.5. The monoisotopic (exact) mass is 298 g/mol. The first-order valence-electron chi connectivity index (χ1n) is 7.89. The fraction of sp³-hybridized carbons (Fsp3) is 0.412. The van der Waals surface area contributed by atoms with Crippen LogP contribution in [0.1, 0.15) is 32.1 Å². The molecule has 0 spiro atoms. The van der Waals surface area contributed by atoms with Gasteiger partial charge in [0.25, 0.3) is 0 Å². The molecule has 2 heterocycles. The molecule has 4 nitrogen and oxygen atoms in total. The van der Waals surface area contributed by atoms with Gasteiger partial charge < -0.3 is 9.88 Å². The first-order valence-corrected chi connectivity index (χ1v) is 7.89. The van der Waals surface area contributed by atoms with Gasteiger partial charge in [0.05, 0.1) is 0 Å². The number of benzene rings is 1. The van der Waals surface area contributed by atoms with Crippen LogP contribution in [0, 0.1) is 5.82 Å². The number of H-pyrrole nitrogens is 1. The first-order chi connectivity index (χ1) is 10.7. The van der Waals surface area contributed by atoms with Crippen molar-refractivity contribution in [3.05, 3.63) is 30.3 Å². The summed E-state index contributed by atoms with van der Waals surface area (Å²) in [6.45, 7) is 0. The van der Waals surface area contributed by atoms with E-state index in [1.165, 1.54) is 44.2 Å². The molecule has 1 aliphatic carbocycles. The minimum atomic E-state index is -0.241. The predicted octanol–water partition coefficient (Wildman–Crippen LogP) is 4.02. The van der Waals surface area contributed by atoms with Crippen LogP contribution in [0.2, 0.25) is 0 Å². The molecule has 1 aliphatic rings. The second kappa shape index (κ2) is 5.23. The van der Waals surface area contributed by atoms with Crippen LogP contribution < -0.4 is 4.90 Å². The third kappa shape index (κ3) is 2.12. The summed E-state index contributed by atoms with van der Waals surface area (Å²) < 4.78 is 13.5. The summed E-state index contributed by atoms with van der Waals surface area (Å²) in [5, 5.41) is 0.815. The van der Waals surface area contributed by atoms with Gasteiger partial charge in [0.1, 0.15) is 23.2 Å². The molecule has 1 saturated carbocycles. The molecule has 1 fully saturated rings. The van der Waals surface area contributed by atoms with Crippen molar-refractivity contribution in [3.63, 3.8) is 0 Å². The van der Waals surface area contributed by atoms with Crippen molar-refractivity contribution < 1.29 is 4.39 Å². The lowest BCUT2D eigenvalue weighted by atomic mass is 9.94. The molecular formula is C17H19FN4. The number of fused-ring (bicyclic) bond motifs is 3. The zero-order chi connectivity index (χ0) is 15.1. The predicted molar refractivity (Wildman–Crippen MR) is 86.6 cm³/mol. The Morgan fingerprint density at radius 2 is 2.00 bits per heavy atom. The minimum absolute atomic E-state index is 0.241. The molecule has 0 amide bonds. The quantitative estimate of drug-likeness (QED) is 0.777. The van der Waals surface area contributed by atoms with Crippen molar-refractivity contribution >= 4 is 27.8 Å². The van der Waals surface area contributed by atoms with Crippen molar-refractivity contribution in [3.8, 4) is 0 Å². The molecule has 0 aliphatic heterocycles. The average molecular weight is 298 g/mol. The number of aromatic amines is 1. The van der Waals surface area contributed by atoms with Crippen molar-refractivity contribution in [1.29, 1.82) is 0 Å². The van der Waals surface area contributed by atoms with Crippen molar-refractivity contribution in [2.24, 2.45) is 0 Å². The van der Waals surface area contributed by atoms with Crippen LogP contribution in [0.4, 0.5) is 10.2 Å². The lowest BCUT2D eigenvalue weighted by molar-refractivity contribution is 0.426. The van der Waals surface area contributed by atoms with Gasteiger partial charge in [0, 0.05) is 24.0 Å². The summed E-state index contributed by atoms with van der Waals surface area (Å²) in [4.78, 5) is 14.5. The van der Waals surface area contributed by atoms with E-state index in [-0.39, 0.29) is 5.82 Å². The van der Waals surface area contributed by atoms with Crippen LogP contribution in [-0.4, -0.2) is 28.0 Å². The molecule has 114 valence electrons. The number of hydrogen-bond donors (Lipinski definition) is 1. The van der Waals surface area contributed by atoms with E-state index < -0.39 is 0 Å². The Kier molecular flexibility index (Phi) is 3.21. The van der Waals surface area contributed by atoms with Crippen LogP contribution in [-0.2, 0) is 0 Å². The third-order valence-electron chi connectivity index (χ3n) is 4.78. The summed E-state index contributed by atoms with van der Waals surface area (Å²) in [6.07, 6.45) is 7.88. The number of anilines is 1. The Morgan fingerprint density at radius 1 is 1.18 bits per heavy atom. The number of halogens is 1. The third-order valence-corrected chi connectivity index (χ3v) is 4.78. The zero-order valence-corrected chi connectivity index (χ0v) is 12.6. The van der Waals surface area contributed by atoms with Gasteiger partial charge in [-0.15, -0.1) is 0 Å². The first kappa shape index (κ1) is 13.5. The Hall–Kier alpha value is -2.17. The standard InChI is InChI=1S/C17H19FN4/c1-22(12-5-3-2-4-6-12)17-16-15(19-10-20-17)13-9-11(18)7-8-14(13)21-16/h7-10,12,21H,2-6H2,1H3. The minimum Gasteiger partial charge on any atom is -0.355 e. The number of nitrogens with one attached hydrogen (secondary N) is 1. The van der Waals surface area contributed by atoms with E-state index in [2.05, 4.69) is 26.9 Å². The SMILES string of the molecule is CN(c1ncnc2c1[nH]c1ccc(F)cc12)C1CCCCC1. The smallest absolute Gasteiger partial charge is 0.156 e. The van der Waals surface area contributed by atoms with Crippen LogP contribution in [0.3, 0.4) is 0 Å². The van der Waals surface area contributed by atoms with E-state index in [4.69, 9.17) is 0 Å². The zero-order valence-electron chi connectivity index (χ0n) is 12.6. The fourth-order valence-electron chi connectivity index (χ4n) is 3.56. The Morgan fingerprint density at radius 3 is 2.82 bits per heavy atom. The molecule has 1 N–H and O–H groups in total. The lowest BCUT2D eigenvalue weighted by Gasteiger charge is -2.32. The Bertz CT molecular complexity index is 820. The average Bonchev–Trinajstić information content (AvgIpc) is 2.93. The second-order valence-electron chi connectivity index (χ2n) is 6.14. The van der Waals surface area contributed by atoms with Crippen LogP contribution in [0.5, 0.6) is 0 Å². The summed E-state index contributed by atoms with van der Waals surface area (Å²) >= 11 is 0. The molecular weight excluding hydrogens is 279 g/mol. The summed E-state index contributed by atoms with van der Waals surface area (Å²) in [7, 11) is 2.10. The second-order valence-corrected chi connectivity index (χ2v) is 6.14. The Labute approximate surface area is 128 Å². The van der Waals surface area contributed by atoms with E-state index in [0.717, 1.165) is 27.8 Å². The largest absolute Gasteiger partial charge is 0.355 e. The topological polar surface area (TPSA) is 44.8 Å². The maximum Gasteiger partial charge on any atom is 0.156 e. The molecule has 4 rings (SSSR count). The van der Waals surface area contributed by atoms with Gasteiger partial charge in [-0.25, -0.2) is 14.4 Å². The summed E-state index contributed by atoms with van der Waals surface area (Å²) in [6, 6.07) is 5.29. The number of rotatable bonds is 2. The molecule has 5 heteroatoms. The Balaban J connectivity index is 1.85. The normalized spacial score (nSPS) is 16.5. The highest BCUT2D eigenvalue weighted by Gasteiger charge is 2.22. The molecule has 2 aromatic heterocycles. The highest BCUT2D eigenvalue weighted by molar-refractivity contribution is 6.08. The molecule has 0 bridgehead atoms. The van der Waals surface area contributed by atoms with Crippen LogP contribution in [0.25, 0.3) is 21.9 Å². The van der Waals surface area contributed by atoms with Crippen molar-refractivity contribution in [1.82, 2.24) is 15.0 Å². The molecule has 1 aromatic carbocycles. The lowest BCUT2D eigenvalue weighted by Crippen LogP contribution is -2.34. The van der Waals surface area contributed by atoms with E-state index in [1.807, 2.05) is 0 Å². The fourth-order valence-corrected chi connectivity index (χ4v) is 3.56.